The number of aryl methyl sites for hydroxylation is 1. The molecule has 0 fully saturated rings. The molecule has 0 amide bonds. The number of pyridine rings is 1. The first-order chi connectivity index (χ1) is 10.0. The van der Waals surface area contributed by atoms with Crippen LogP contribution in [0.4, 0.5) is 18.9 Å². The van der Waals surface area contributed by atoms with Crippen molar-refractivity contribution < 1.29 is 13.2 Å². The van der Waals surface area contributed by atoms with E-state index in [2.05, 4.69) is 22.4 Å². The average molecular weight is 292 g/mol. The van der Waals surface area contributed by atoms with Crippen LogP contribution in [0, 0.1) is 0 Å². The summed E-state index contributed by atoms with van der Waals surface area (Å²) in [6.07, 6.45) is -0.0452. The quantitative estimate of drug-likeness (QED) is 0.875. The van der Waals surface area contributed by atoms with E-state index in [0.717, 1.165) is 25.3 Å². The Morgan fingerprint density at radius 2 is 1.90 bits per heavy atom. The highest BCUT2D eigenvalue weighted by molar-refractivity contribution is 5.46. The topological polar surface area (TPSA) is 24.9 Å². The summed E-state index contributed by atoms with van der Waals surface area (Å²) in [6, 6.07) is 10.8. The zero-order valence-electron chi connectivity index (χ0n) is 11.3. The van der Waals surface area contributed by atoms with Crippen molar-refractivity contribution in [2.45, 2.75) is 31.5 Å². The van der Waals surface area contributed by atoms with Gasteiger partial charge in [0.1, 0.15) is 5.69 Å². The molecule has 1 aromatic heterocycles. The van der Waals surface area contributed by atoms with E-state index in [4.69, 9.17) is 0 Å². The van der Waals surface area contributed by atoms with Gasteiger partial charge in [0, 0.05) is 0 Å². The number of hydrogen-bond acceptors (Lipinski definition) is 2. The summed E-state index contributed by atoms with van der Waals surface area (Å²) >= 11 is 0. The lowest BCUT2D eigenvalue weighted by molar-refractivity contribution is -0.141. The molecule has 0 saturated heterocycles. The zero-order chi connectivity index (χ0) is 14.9. The van der Waals surface area contributed by atoms with Crippen molar-refractivity contribution in [3.8, 4) is 0 Å². The molecule has 0 spiro atoms. The maximum absolute atomic E-state index is 12.5. The van der Waals surface area contributed by atoms with Crippen LogP contribution in [0.25, 0.3) is 0 Å². The van der Waals surface area contributed by atoms with Gasteiger partial charge in [0.05, 0.1) is 17.9 Å². The van der Waals surface area contributed by atoms with Gasteiger partial charge in [-0.2, -0.15) is 13.2 Å². The third-order valence-corrected chi connectivity index (χ3v) is 3.76. The van der Waals surface area contributed by atoms with Crippen LogP contribution < -0.4 is 5.32 Å². The Balaban J connectivity index is 1.79. The highest BCUT2D eigenvalue weighted by Gasteiger charge is 2.32. The second-order valence-corrected chi connectivity index (χ2v) is 5.22. The number of aromatic nitrogens is 1. The van der Waals surface area contributed by atoms with Crippen molar-refractivity contribution in [2.24, 2.45) is 0 Å². The van der Waals surface area contributed by atoms with Gasteiger partial charge in [0.25, 0.3) is 0 Å². The van der Waals surface area contributed by atoms with E-state index in [1.165, 1.54) is 23.4 Å². The van der Waals surface area contributed by atoms with Crippen molar-refractivity contribution in [2.75, 3.05) is 5.32 Å². The SMILES string of the molecule is FC(F)(F)c1ccc(NC2CCCc3ccccc32)cn1. The molecule has 0 bridgehead atoms. The van der Waals surface area contributed by atoms with Gasteiger partial charge in [-0.05, 0) is 42.5 Å². The van der Waals surface area contributed by atoms with Crippen molar-refractivity contribution >= 4 is 5.69 Å². The number of anilines is 1. The first-order valence-electron chi connectivity index (χ1n) is 6.91. The molecule has 0 radical (unpaired) electrons. The van der Waals surface area contributed by atoms with E-state index in [-0.39, 0.29) is 6.04 Å². The highest BCUT2D eigenvalue weighted by Crippen LogP contribution is 2.33. The monoisotopic (exact) mass is 292 g/mol. The maximum Gasteiger partial charge on any atom is 0.433 e. The van der Waals surface area contributed by atoms with Gasteiger partial charge in [-0.3, -0.25) is 0 Å². The summed E-state index contributed by atoms with van der Waals surface area (Å²) < 4.78 is 37.5. The predicted octanol–water partition coefficient (Wildman–Crippen LogP) is 4.59. The summed E-state index contributed by atoms with van der Waals surface area (Å²) in [4.78, 5) is 3.48. The fourth-order valence-electron chi connectivity index (χ4n) is 2.75. The molecule has 1 aliphatic rings. The van der Waals surface area contributed by atoms with Gasteiger partial charge in [0.2, 0.25) is 0 Å². The number of hydrogen-bond donors (Lipinski definition) is 1. The number of rotatable bonds is 2. The molecule has 3 rings (SSSR count). The Kier molecular flexibility index (Phi) is 3.57. The smallest absolute Gasteiger partial charge is 0.377 e. The summed E-state index contributed by atoms with van der Waals surface area (Å²) in [7, 11) is 0. The number of nitrogens with one attached hydrogen (secondary N) is 1. The third-order valence-electron chi connectivity index (χ3n) is 3.76. The Hall–Kier alpha value is -2.04. The Labute approximate surface area is 121 Å². The van der Waals surface area contributed by atoms with E-state index in [1.54, 1.807) is 0 Å². The van der Waals surface area contributed by atoms with Crippen LogP contribution >= 0.6 is 0 Å². The van der Waals surface area contributed by atoms with E-state index < -0.39 is 11.9 Å². The van der Waals surface area contributed by atoms with Gasteiger partial charge in [0.15, 0.2) is 0 Å². The van der Waals surface area contributed by atoms with Crippen LogP contribution in [0.5, 0.6) is 0 Å². The largest absolute Gasteiger partial charge is 0.433 e. The van der Waals surface area contributed by atoms with Crippen molar-refractivity contribution in [3.05, 3.63) is 59.4 Å². The Morgan fingerprint density at radius 3 is 2.62 bits per heavy atom. The maximum atomic E-state index is 12.5. The molecule has 1 unspecified atom stereocenters. The Morgan fingerprint density at radius 1 is 1.10 bits per heavy atom. The molecule has 2 nitrogen and oxygen atoms in total. The standard InChI is InChI=1S/C16H15F3N2/c17-16(18,19)15-9-8-12(10-20-15)21-14-7-3-5-11-4-1-2-6-13(11)14/h1-2,4,6,8-10,14,21H,3,5,7H2. The van der Waals surface area contributed by atoms with Crippen LogP contribution in [0.2, 0.25) is 0 Å². The van der Waals surface area contributed by atoms with E-state index in [1.807, 2.05) is 12.1 Å². The lowest BCUT2D eigenvalue weighted by Crippen LogP contribution is -2.17. The van der Waals surface area contributed by atoms with E-state index in [0.29, 0.717) is 5.69 Å². The Bertz CT molecular complexity index is 620. The summed E-state index contributed by atoms with van der Waals surface area (Å²) in [6.45, 7) is 0. The minimum Gasteiger partial charge on any atom is -0.377 e. The fraction of sp³-hybridized carbons (Fsp3) is 0.312. The van der Waals surface area contributed by atoms with Gasteiger partial charge in [-0.15, -0.1) is 0 Å². The van der Waals surface area contributed by atoms with E-state index >= 15 is 0 Å². The van der Waals surface area contributed by atoms with Crippen LogP contribution in [-0.2, 0) is 12.6 Å². The van der Waals surface area contributed by atoms with Crippen molar-refractivity contribution in [1.82, 2.24) is 4.98 Å². The number of halogens is 3. The normalized spacial score (nSPS) is 18.1. The summed E-state index contributed by atoms with van der Waals surface area (Å²) in [5, 5.41) is 3.29. The third kappa shape index (κ3) is 3.01. The molecule has 1 heterocycles. The van der Waals surface area contributed by atoms with Gasteiger partial charge in [-0.25, -0.2) is 4.98 Å². The minimum atomic E-state index is -4.39. The molecule has 1 atom stereocenters. The number of benzene rings is 1. The summed E-state index contributed by atoms with van der Waals surface area (Å²) in [5.74, 6) is 0. The molecule has 0 aliphatic heterocycles. The zero-order valence-corrected chi connectivity index (χ0v) is 11.3. The van der Waals surface area contributed by atoms with Gasteiger partial charge < -0.3 is 5.32 Å². The summed E-state index contributed by atoms with van der Waals surface area (Å²) in [5.41, 5.74) is 2.28. The molecule has 1 aliphatic carbocycles. The highest BCUT2D eigenvalue weighted by atomic mass is 19.4. The molecule has 5 heteroatoms. The van der Waals surface area contributed by atoms with Crippen LogP contribution in [-0.4, -0.2) is 4.98 Å². The molecule has 21 heavy (non-hydrogen) atoms. The average Bonchev–Trinajstić information content (AvgIpc) is 2.47. The number of alkyl halides is 3. The fourth-order valence-corrected chi connectivity index (χ4v) is 2.75. The molecular formula is C16H15F3N2. The van der Waals surface area contributed by atoms with Crippen molar-refractivity contribution in [1.29, 1.82) is 0 Å². The molecule has 2 aromatic rings. The van der Waals surface area contributed by atoms with Gasteiger partial charge in [-0.1, -0.05) is 24.3 Å². The van der Waals surface area contributed by atoms with Crippen LogP contribution in [0.15, 0.2) is 42.6 Å². The van der Waals surface area contributed by atoms with Crippen LogP contribution in [0.1, 0.15) is 35.7 Å². The molecule has 0 saturated carbocycles. The minimum absolute atomic E-state index is 0.133. The molecule has 110 valence electrons. The molecular weight excluding hydrogens is 277 g/mol. The van der Waals surface area contributed by atoms with E-state index in [9.17, 15) is 13.2 Å². The first-order valence-corrected chi connectivity index (χ1v) is 6.91. The lowest BCUT2D eigenvalue weighted by Gasteiger charge is -2.27. The van der Waals surface area contributed by atoms with Gasteiger partial charge >= 0.3 is 6.18 Å². The molecule has 1 N–H and O–H groups in total. The second-order valence-electron chi connectivity index (χ2n) is 5.22. The lowest BCUT2D eigenvalue weighted by atomic mass is 9.87. The number of fused-ring (bicyclic) bond motifs is 1. The number of nitrogens with zero attached hydrogens (tertiary/aromatic N) is 1. The first kappa shape index (κ1) is 13.9. The van der Waals surface area contributed by atoms with Crippen molar-refractivity contribution in [3.63, 3.8) is 0 Å². The van der Waals surface area contributed by atoms with Crippen LogP contribution in [0.3, 0.4) is 0 Å². The second kappa shape index (κ2) is 5.39. The predicted molar refractivity (Wildman–Crippen MR) is 75.0 cm³/mol. The molecule has 1 aromatic carbocycles.